The van der Waals surface area contributed by atoms with Crippen LogP contribution in [0.2, 0.25) is 0 Å². The Morgan fingerprint density at radius 3 is 2.83 bits per heavy atom. The minimum Gasteiger partial charge on any atom is -0.458 e. The van der Waals surface area contributed by atoms with E-state index in [1.807, 2.05) is 6.07 Å². The van der Waals surface area contributed by atoms with Gasteiger partial charge in [-0.05, 0) is 37.3 Å². The van der Waals surface area contributed by atoms with Gasteiger partial charge in [0.05, 0.1) is 17.0 Å². The van der Waals surface area contributed by atoms with Gasteiger partial charge in [0.1, 0.15) is 17.6 Å². The number of carbonyl (C=O) groups excluding carboxylic acids is 1. The summed E-state index contributed by atoms with van der Waals surface area (Å²) in [6.07, 6.45) is 6.22. The van der Waals surface area contributed by atoms with Crippen molar-refractivity contribution in [3.63, 3.8) is 0 Å². The molecule has 0 atom stereocenters. The Morgan fingerprint density at radius 2 is 2.14 bits per heavy atom. The van der Waals surface area contributed by atoms with Crippen LogP contribution in [0.5, 0.6) is 11.5 Å². The Balaban J connectivity index is 1.70. The number of anilines is 1. The molecule has 0 spiro atoms. The molecule has 3 aromatic heterocycles. The number of benzene rings is 1. The number of nitrogens with zero attached hydrogens (tertiary/aromatic N) is 4. The van der Waals surface area contributed by atoms with Crippen LogP contribution in [0.25, 0.3) is 17.1 Å². The third-order valence-electron chi connectivity index (χ3n) is 4.56. The number of hydrogen-bond donors (Lipinski definition) is 1. The molecule has 0 saturated carbocycles. The molecule has 0 radical (unpaired) electrons. The molecule has 1 amide bonds. The van der Waals surface area contributed by atoms with Crippen LogP contribution in [0.4, 0.5) is 14.6 Å². The number of pyridine rings is 1. The maximum atomic E-state index is 13.1. The number of para-hydroxylation sites is 1. The van der Waals surface area contributed by atoms with Crippen LogP contribution in [-0.2, 0) is 0 Å². The van der Waals surface area contributed by atoms with E-state index in [0.29, 0.717) is 21.8 Å². The summed E-state index contributed by atoms with van der Waals surface area (Å²) < 4.78 is 37.5. The van der Waals surface area contributed by atoms with E-state index in [4.69, 9.17) is 10.00 Å². The zero-order valence-electron chi connectivity index (χ0n) is 18.2. The lowest BCUT2D eigenvalue weighted by atomic mass is 10.1. The van der Waals surface area contributed by atoms with E-state index >= 15 is 0 Å². The summed E-state index contributed by atoms with van der Waals surface area (Å²) in [6, 6.07) is 9.57. The minimum atomic E-state index is -3.03. The maximum Gasteiger partial charge on any atom is 0.387 e. The number of allylic oxidation sites excluding steroid dienone is 1. The van der Waals surface area contributed by atoms with E-state index in [-0.39, 0.29) is 28.8 Å². The lowest BCUT2D eigenvalue weighted by Crippen LogP contribution is -2.16. The number of carbonyl (C=O) groups is 1. The van der Waals surface area contributed by atoms with Crippen molar-refractivity contribution in [2.75, 3.05) is 5.32 Å². The predicted molar refractivity (Wildman–Crippen MR) is 127 cm³/mol. The van der Waals surface area contributed by atoms with Crippen LogP contribution >= 0.6 is 11.3 Å². The first kappa shape index (κ1) is 23.6. The van der Waals surface area contributed by atoms with Crippen molar-refractivity contribution in [3.05, 3.63) is 83.0 Å². The SMILES string of the molecule is C=C(C)Oc1c(C=Cc2nc3sccn3c2C(=O)Nc2ccc(C#N)cn2)cccc1OC(F)F. The average molecular weight is 493 g/mol. The van der Waals surface area contributed by atoms with Gasteiger partial charge in [-0.2, -0.15) is 14.0 Å². The number of ether oxygens (including phenoxy) is 2. The second-order valence-corrected chi connectivity index (χ2v) is 7.96. The monoisotopic (exact) mass is 493 g/mol. The number of rotatable bonds is 8. The van der Waals surface area contributed by atoms with E-state index < -0.39 is 12.5 Å². The molecule has 0 bridgehead atoms. The zero-order valence-corrected chi connectivity index (χ0v) is 19.1. The van der Waals surface area contributed by atoms with Gasteiger partial charge < -0.3 is 14.8 Å². The molecule has 1 aromatic carbocycles. The summed E-state index contributed by atoms with van der Waals surface area (Å²) in [6.45, 7) is 2.20. The minimum absolute atomic E-state index is 0.0605. The molecule has 0 aliphatic rings. The average Bonchev–Trinajstić information content (AvgIpc) is 3.40. The fourth-order valence-corrected chi connectivity index (χ4v) is 3.88. The first-order valence-corrected chi connectivity index (χ1v) is 11.0. The third-order valence-corrected chi connectivity index (χ3v) is 5.32. The number of alkyl halides is 2. The van der Waals surface area contributed by atoms with E-state index in [9.17, 15) is 13.6 Å². The standard InChI is InChI=1S/C24H17F2N5O3S/c1-14(2)33-21-16(4-3-5-18(21)34-23(25)26)7-8-17-20(31-10-11-35-24(31)29-17)22(32)30-19-9-6-15(12-27)13-28-19/h3-11,13,23H,1H2,2H3,(H,28,30,32). The van der Waals surface area contributed by atoms with Crippen molar-refractivity contribution in [2.24, 2.45) is 0 Å². The highest BCUT2D eigenvalue weighted by molar-refractivity contribution is 7.15. The molecule has 35 heavy (non-hydrogen) atoms. The highest BCUT2D eigenvalue weighted by Gasteiger charge is 2.20. The number of hydrogen-bond acceptors (Lipinski definition) is 7. The van der Waals surface area contributed by atoms with Crippen molar-refractivity contribution in [1.82, 2.24) is 14.4 Å². The molecular weight excluding hydrogens is 476 g/mol. The zero-order chi connectivity index (χ0) is 24.9. The van der Waals surface area contributed by atoms with Gasteiger partial charge in [0.2, 0.25) is 0 Å². The maximum absolute atomic E-state index is 13.1. The van der Waals surface area contributed by atoms with Gasteiger partial charge >= 0.3 is 6.61 Å². The number of nitriles is 1. The van der Waals surface area contributed by atoms with Crippen molar-refractivity contribution < 1.29 is 23.0 Å². The number of thiazole rings is 1. The molecule has 4 aromatic rings. The Labute approximate surface area is 202 Å². The van der Waals surface area contributed by atoms with Gasteiger partial charge in [-0.15, -0.1) is 11.3 Å². The summed E-state index contributed by atoms with van der Waals surface area (Å²) in [5.41, 5.74) is 1.36. The molecule has 0 aliphatic heterocycles. The van der Waals surface area contributed by atoms with Crippen LogP contribution in [0.3, 0.4) is 0 Å². The van der Waals surface area contributed by atoms with Crippen LogP contribution in [0.1, 0.15) is 34.2 Å². The van der Waals surface area contributed by atoms with Crippen molar-refractivity contribution in [1.29, 1.82) is 5.26 Å². The van der Waals surface area contributed by atoms with Gasteiger partial charge in [0.15, 0.2) is 16.5 Å². The third kappa shape index (κ3) is 5.34. The molecule has 8 nitrogen and oxygen atoms in total. The molecule has 176 valence electrons. The van der Waals surface area contributed by atoms with E-state index in [0.717, 1.165) is 0 Å². The first-order chi connectivity index (χ1) is 16.9. The summed E-state index contributed by atoms with van der Waals surface area (Å²) in [7, 11) is 0. The van der Waals surface area contributed by atoms with Gasteiger partial charge in [0, 0.05) is 23.3 Å². The number of aromatic nitrogens is 3. The molecule has 0 unspecified atom stereocenters. The van der Waals surface area contributed by atoms with E-state index in [1.54, 1.807) is 47.2 Å². The number of imidazole rings is 1. The second kappa shape index (κ2) is 10.1. The Morgan fingerprint density at radius 1 is 1.31 bits per heavy atom. The van der Waals surface area contributed by atoms with Gasteiger partial charge in [0.25, 0.3) is 5.91 Å². The molecule has 3 heterocycles. The van der Waals surface area contributed by atoms with Crippen LogP contribution in [0, 0.1) is 11.3 Å². The Hall–Kier alpha value is -4.56. The van der Waals surface area contributed by atoms with Crippen molar-refractivity contribution in [2.45, 2.75) is 13.5 Å². The van der Waals surface area contributed by atoms with Crippen LogP contribution < -0.4 is 14.8 Å². The van der Waals surface area contributed by atoms with Crippen molar-refractivity contribution >= 4 is 40.2 Å². The summed E-state index contributed by atoms with van der Waals surface area (Å²) in [5, 5.41) is 13.4. The smallest absolute Gasteiger partial charge is 0.387 e. The molecule has 11 heteroatoms. The molecule has 0 saturated heterocycles. The predicted octanol–water partition coefficient (Wildman–Crippen LogP) is 5.60. The number of amides is 1. The first-order valence-electron chi connectivity index (χ1n) is 10.1. The summed E-state index contributed by atoms with van der Waals surface area (Å²) >= 11 is 1.34. The van der Waals surface area contributed by atoms with Gasteiger partial charge in [-0.25, -0.2) is 9.97 Å². The van der Waals surface area contributed by atoms with E-state index in [1.165, 1.54) is 35.7 Å². The summed E-state index contributed by atoms with van der Waals surface area (Å²) in [5.74, 6) is -0.0160. The number of fused-ring (bicyclic) bond motifs is 1. The Kier molecular flexibility index (Phi) is 6.84. The molecular formula is C24H17F2N5O3S. The second-order valence-electron chi connectivity index (χ2n) is 7.09. The lowest BCUT2D eigenvalue weighted by Gasteiger charge is -2.14. The molecule has 4 rings (SSSR count). The molecule has 0 aliphatic carbocycles. The normalized spacial score (nSPS) is 11.1. The highest BCUT2D eigenvalue weighted by Crippen LogP contribution is 2.35. The fraction of sp³-hybridized carbons (Fsp3) is 0.0833. The van der Waals surface area contributed by atoms with Crippen LogP contribution in [-0.4, -0.2) is 26.9 Å². The van der Waals surface area contributed by atoms with Gasteiger partial charge in [-0.1, -0.05) is 18.7 Å². The molecule has 1 N–H and O–H groups in total. The molecule has 0 fully saturated rings. The van der Waals surface area contributed by atoms with E-state index in [2.05, 4.69) is 26.6 Å². The fourth-order valence-electron chi connectivity index (χ4n) is 3.16. The highest BCUT2D eigenvalue weighted by atomic mass is 32.1. The van der Waals surface area contributed by atoms with Crippen LogP contribution in [0.15, 0.2) is 60.4 Å². The lowest BCUT2D eigenvalue weighted by molar-refractivity contribution is -0.0511. The number of nitrogens with one attached hydrogen (secondary N) is 1. The topological polar surface area (TPSA) is 102 Å². The van der Waals surface area contributed by atoms with Crippen molar-refractivity contribution in [3.8, 4) is 17.6 Å². The number of halogens is 2. The quantitative estimate of drug-likeness (QED) is 0.321. The Bertz CT molecular complexity index is 1470. The summed E-state index contributed by atoms with van der Waals surface area (Å²) in [4.78, 5) is 22.3. The largest absolute Gasteiger partial charge is 0.458 e. The van der Waals surface area contributed by atoms with Gasteiger partial charge in [-0.3, -0.25) is 9.20 Å².